The zero-order chi connectivity index (χ0) is 16.7. The molecule has 0 bridgehead atoms. The molecular weight excluding hydrogens is 292 g/mol. The summed E-state index contributed by atoms with van der Waals surface area (Å²) in [4.78, 5) is 12.2. The molecule has 1 atom stereocenters. The maximum Gasteiger partial charge on any atom is 0.251 e. The average Bonchev–Trinajstić information content (AvgIpc) is 3.11. The van der Waals surface area contributed by atoms with Crippen LogP contribution in [0.5, 0.6) is 5.75 Å². The van der Waals surface area contributed by atoms with Crippen LogP contribution < -0.4 is 15.8 Å². The first-order valence-corrected chi connectivity index (χ1v) is 8.48. The minimum Gasteiger partial charge on any atom is -0.491 e. The third-order valence-electron chi connectivity index (χ3n) is 4.59. The number of ether oxygens (including phenoxy) is 2. The van der Waals surface area contributed by atoms with Crippen molar-refractivity contribution in [2.75, 3.05) is 19.8 Å². The monoisotopic (exact) mass is 320 g/mol. The highest BCUT2D eigenvalue weighted by Gasteiger charge is 2.21. The van der Waals surface area contributed by atoms with Crippen LogP contribution in [0.3, 0.4) is 0 Å². The average molecular weight is 320 g/mol. The molecule has 3 N–H and O–H groups in total. The first-order chi connectivity index (χ1) is 11.1. The van der Waals surface area contributed by atoms with Crippen LogP contribution in [0.25, 0.3) is 0 Å². The topological polar surface area (TPSA) is 73.6 Å². The standard InChI is InChI=1S/C18H28N2O3/c1-3-18(19,4-2)13-20-17(21)14-7-9-15(10-8-14)23-12-16-6-5-11-22-16/h7-10,16H,3-6,11-13,19H2,1-2H3,(H,20,21). The van der Waals surface area contributed by atoms with E-state index >= 15 is 0 Å². The van der Waals surface area contributed by atoms with Crippen molar-refractivity contribution in [3.8, 4) is 5.75 Å². The molecule has 1 aromatic carbocycles. The Morgan fingerprint density at radius 2 is 2.04 bits per heavy atom. The Bertz CT molecular complexity index is 491. The van der Waals surface area contributed by atoms with E-state index in [0.717, 1.165) is 38.0 Å². The van der Waals surface area contributed by atoms with Gasteiger partial charge in [-0.05, 0) is 49.9 Å². The van der Waals surface area contributed by atoms with Gasteiger partial charge in [-0.1, -0.05) is 13.8 Å². The van der Waals surface area contributed by atoms with Gasteiger partial charge in [-0.15, -0.1) is 0 Å². The number of hydrogen-bond acceptors (Lipinski definition) is 4. The van der Waals surface area contributed by atoms with Crippen molar-refractivity contribution in [3.05, 3.63) is 29.8 Å². The normalized spacial score (nSPS) is 18.0. The Kier molecular flexibility index (Phi) is 6.42. The molecule has 0 spiro atoms. The van der Waals surface area contributed by atoms with Crippen molar-refractivity contribution < 1.29 is 14.3 Å². The molecule has 1 aliphatic rings. The molecule has 0 saturated carbocycles. The van der Waals surface area contributed by atoms with Crippen LogP contribution in [0.2, 0.25) is 0 Å². The summed E-state index contributed by atoms with van der Waals surface area (Å²) in [5.74, 6) is 0.653. The molecule has 23 heavy (non-hydrogen) atoms. The molecule has 1 aromatic rings. The zero-order valence-electron chi connectivity index (χ0n) is 14.1. The molecule has 1 amide bonds. The number of nitrogens with one attached hydrogen (secondary N) is 1. The van der Waals surface area contributed by atoms with Gasteiger partial charge in [0.25, 0.3) is 5.91 Å². The summed E-state index contributed by atoms with van der Waals surface area (Å²) in [6.45, 7) is 5.95. The Morgan fingerprint density at radius 3 is 2.61 bits per heavy atom. The molecule has 0 radical (unpaired) electrons. The van der Waals surface area contributed by atoms with Crippen molar-refractivity contribution in [3.63, 3.8) is 0 Å². The van der Waals surface area contributed by atoms with E-state index in [4.69, 9.17) is 15.2 Å². The van der Waals surface area contributed by atoms with Crippen molar-refractivity contribution in [1.29, 1.82) is 0 Å². The highest BCUT2D eigenvalue weighted by atomic mass is 16.5. The number of nitrogens with two attached hydrogens (primary N) is 1. The van der Waals surface area contributed by atoms with Crippen LogP contribution in [0.1, 0.15) is 49.9 Å². The minimum atomic E-state index is -0.333. The molecule has 128 valence electrons. The van der Waals surface area contributed by atoms with E-state index in [1.807, 2.05) is 26.0 Å². The van der Waals surface area contributed by atoms with Gasteiger partial charge in [0.2, 0.25) is 0 Å². The SMILES string of the molecule is CCC(N)(CC)CNC(=O)c1ccc(OCC2CCCO2)cc1. The number of carbonyl (C=O) groups excluding carboxylic acids is 1. The van der Waals surface area contributed by atoms with Gasteiger partial charge in [0, 0.05) is 24.3 Å². The van der Waals surface area contributed by atoms with E-state index in [9.17, 15) is 4.79 Å². The van der Waals surface area contributed by atoms with Gasteiger partial charge in [0.1, 0.15) is 12.4 Å². The largest absolute Gasteiger partial charge is 0.491 e. The van der Waals surface area contributed by atoms with Crippen LogP contribution in [0.4, 0.5) is 0 Å². The van der Waals surface area contributed by atoms with Gasteiger partial charge in [-0.2, -0.15) is 0 Å². The number of amides is 1. The Labute approximate surface area is 138 Å². The van der Waals surface area contributed by atoms with E-state index in [0.29, 0.717) is 18.7 Å². The summed E-state index contributed by atoms with van der Waals surface area (Å²) in [6, 6.07) is 7.19. The summed E-state index contributed by atoms with van der Waals surface area (Å²) in [6.07, 6.45) is 4.01. The first-order valence-electron chi connectivity index (χ1n) is 8.48. The lowest BCUT2D eigenvalue weighted by molar-refractivity contribution is 0.0679. The highest BCUT2D eigenvalue weighted by molar-refractivity contribution is 5.94. The predicted molar refractivity (Wildman–Crippen MR) is 90.7 cm³/mol. The summed E-state index contributed by atoms with van der Waals surface area (Å²) >= 11 is 0. The van der Waals surface area contributed by atoms with Gasteiger partial charge in [-0.25, -0.2) is 0 Å². The zero-order valence-corrected chi connectivity index (χ0v) is 14.1. The summed E-state index contributed by atoms with van der Waals surface area (Å²) in [7, 11) is 0. The van der Waals surface area contributed by atoms with E-state index in [-0.39, 0.29) is 17.6 Å². The lowest BCUT2D eigenvalue weighted by atomic mass is 9.94. The minimum absolute atomic E-state index is 0.104. The third-order valence-corrected chi connectivity index (χ3v) is 4.59. The van der Waals surface area contributed by atoms with Gasteiger partial charge in [0.05, 0.1) is 6.10 Å². The summed E-state index contributed by atoms with van der Waals surface area (Å²) < 4.78 is 11.2. The number of carbonyl (C=O) groups is 1. The lowest BCUT2D eigenvalue weighted by Gasteiger charge is -2.26. The maximum atomic E-state index is 12.2. The Balaban J connectivity index is 1.82. The molecular formula is C18H28N2O3. The van der Waals surface area contributed by atoms with Crippen LogP contribution in [-0.4, -0.2) is 37.3 Å². The lowest BCUT2D eigenvalue weighted by Crippen LogP contribution is -2.49. The molecule has 1 heterocycles. The molecule has 1 unspecified atom stereocenters. The molecule has 0 aromatic heterocycles. The van der Waals surface area contributed by atoms with Crippen LogP contribution in [0.15, 0.2) is 24.3 Å². The fourth-order valence-corrected chi connectivity index (χ4v) is 2.53. The fourth-order valence-electron chi connectivity index (χ4n) is 2.53. The molecule has 2 rings (SSSR count). The van der Waals surface area contributed by atoms with Crippen LogP contribution in [-0.2, 0) is 4.74 Å². The number of rotatable bonds is 8. The molecule has 0 aliphatic carbocycles. The number of hydrogen-bond donors (Lipinski definition) is 2. The van der Waals surface area contributed by atoms with E-state index in [2.05, 4.69) is 5.32 Å². The molecule has 1 aliphatic heterocycles. The summed E-state index contributed by atoms with van der Waals surface area (Å²) in [5.41, 5.74) is 6.48. The maximum absolute atomic E-state index is 12.2. The first kappa shape index (κ1) is 17.8. The molecule has 1 saturated heterocycles. The third kappa shape index (κ3) is 5.22. The van der Waals surface area contributed by atoms with E-state index in [1.165, 1.54) is 0 Å². The quantitative estimate of drug-likeness (QED) is 0.772. The highest BCUT2D eigenvalue weighted by Crippen LogP contribution is 2.17. The van der Waals surface area contributed by atoms with Gasteiger partial charge < -0.3 is 20.5 Å². The van der Waals surface area contributed by atoms with Gasteiger partial charge in [0.15, 0.2) is 0 Å². The van der Waals surface area contributed by atoms with Crippen LogP contribution >= 0.6 is 0 Å². The molecule has 5 nitrogen and oxygen atoms in total. The van der Waals surface area contributed by atoms with Gasteiger partial charge >= 0.3 is 0 Å². The second-order valence-corrected chi connectivity index (χ2v) is 6.22. The van der Waals surface area contributed by atoms with Gasteiger partial charge in [-0.3, -0.25) is 4.79 Å². The predicted octanol–water partition coefficient (Wildman–Crippen LogP) is 2.49. The number of benzene rings is 1. The Hall–Kier alpha value is -1.59. The van der Waals surface area contributed by atoms with Crippen LogP contribution in [0, 0.1) is 0 Å². The van der Waals surface area contributed by atoms with Crippen molar-refractivity contribution in [1.82, 2.24) is 5.32 Å². The second-order valence-electron chi connectivity index (χ2n) is 6.22. The van der Waals surface area contributed by atoms with E-state index in [1.54, 1.807) is 12.1 Å². The fraction of sp³-hybridized carbons (Fsp3) is 0.611. The second kappa shape index (κ2) is 8.31. The smallest absolute Gasteiger partial charge is 0.251 e. The van der Waals surface area contributed by atoms with E-state index < -0.39 is 0 Å². The van der Waals surface area contributed by atoms with Crippen molar-refractivity contribution in [2.24, 2.45) is 5.73 Å². The Morgan fingerprint density at radius 1 is 1.35 bits per heavy atom. The van der Waals surface area contributed by atoms with Crippen molar-refractivity contribution >= 4 is 5.91 Å². The molecule has 5 heteroatoms. The van der Waals surface area contributed by atoms with Crippen molar-refractivity contribution in [2.45, 2.75) is 51.2 Å². The summed E-state index contributed by atoms with van der Waals surface area (Å²) in [5, 5.41) is 2.91. The molecule has 1 fully saturated rings.